The van der Waals surface area contributed by atoms with Gasteiger partial charge in [0.05, 0.1) is 7.11 Å². The Balaban J connectivity index is 2.23. The number of methoxy groups -OCH3 is 1. The molecule has 18 heavy (non-hydrogen) atoms. The number of hydrogen-bond acceptors (Lipinski definition) is 3. The molecule has 1 aliphatic rings. The van der Waals surface area contributed by atoms with Gasteiger partial charge < -0.3 is 15.2 Å². The molecule has 1 aromatic rings. The fourth-order valence-corrected chi connectivity index (χ4v) is 2.74. The van der Waals surface area contributed by atoms with Crippen molar-refractivity contribution in [2.75, 3.05) is 7.11 Å². The molecule has 0 spiro atoms. The van der Waals surface area contributed by atoms with Crippen LogP contribution in [0.3, 0.4) is 0 Å². The highest BCUT2D eigenvalue weighted by Crippen LogP contribution is 2.38. The molecule has 0 amide bonds. The maximum Gasteiger partial charge on any atom is 0.124 e. The quantitative estimate of drug-likeness (QED) is 0.890. The fourth-order valence-electron chi connectivity index (χ4n) is 2.74. The summed E-state index contributed by atoms with van der Waals surface area (Å²) in [4.78, 5) is 0. The molecule has 0 aromatic heterocycles. The van der Waals surface area contributed by atoms with E-state index in [0.29, 0.717) is 5.92 Å². The van der Waals surface area contributed by atoms with Crippen LogP contribution >= 0.6 is 0 Å². The summed E-state index contributed by atoms with van der Waals surface area (Å²) < 4.78 is 11.3. The van der Waals surface area contributed by atoms with Crippen molar-refractivity contribution in [3.63, 3.8) is 0 Å². The highest BCUT2D eigenvalue weighted by molar-refractivity contribution is 5.43. The van der Waals surface area contributed by atoms with Gasteiger partial charge in [-0.25, -0.2) is 0 Å². The third kappa shape index (κ3) is 2.46. The first-order valence-corrected chi connectivity index (χ1v) is 6.79. The van der Waals surface area contributed by atoms with Crippen molar-refractivity contribution in [1.29, 1.82) is 0 Å². The molecule has 0 bridgehead atoms. The van der Waals surface area contributed by atoms with Crippen molar-refractivity contribution in [3.05, 3.63) is 23.8 Å². The van der Waals surface area contributed by atoms with Crippen molar-refractivity contribution >= 4 is 0 Å². The molecule has 0 radical (unpaired) electrons. The van der Waals surface area contributed by atoms with Crippen LogP contribution < -0.4 is 15.2 Å². The Morgan fingerprint density at radius 3 is 2.72 bits per heavy atom. The molecular weight excluding hydrogens is 226 g/mol. The van der Waals surface area contributed by atoms with E-state index in [2.05, 4.69) is 13.8 Å². The van der Waals surface area contributed by atoms with Gasteiger partial charge in [0.15, 0.2) is 0 Å². The lowest BCUT2D eigenvalue weighted by Gasteiger charge is -2.34. The number of rotatable bonds is 4. The van der Waals surface area contributed by atoms with Crippen LogP contribution in [0.4, 0.5) is 0 Å². The summed E-state index contributed by atoms with van der Waals surface area (Å²) in [5, 5.41) is 0. The predicted molar refractivity (Wildman–Crippen MR) is 73.0 cm³/mol. The van der Waals surface area contributed by atoms with Crippen LogP contribution in [-0.4, -0.2) is 13.2 Å². The molecule has 1 aliphatic heterocycles. The highest BCUT2D eigenvalue weighted by Gasteiger charge is 2.30. The molecule has 3 heteroatoms. The summed E-state index contributed by atoms with van der Waals surface area (Å²) in [6.07, 6.45) is 3.42. The van der Waals surface area contributed by atoms with E-state index < -0.39 is 0 Å². The first-order valence-electron chi connectivity index (χ1n) is 6.79. The topological polar surface area (TPSA) is 44.5 Å². The lowest BCUT2D eigenvalue weighted by molar-refractivity contribution is 0.0942. The molecule has 2 rings (SSSR count). The van der Waals surface area contributed by atoms with E-state index >= 15 is 0 Å². The van der Waals surface area contributed by atoms with E-state index in [1.807, 2.05) is 18.2 Å². The SMILES string of the molecule is CCC(CC)C1C[C@H](N)c2cc(OC)ccc2O1. The van der Waals surface area contributed by atoms with Gasteiger partial charge in [-0.2, -0.15) is 0 Å². The maximum absolute atomic E-state index is 6.27. The zero-order valence-corrected chi connectivity index (χ0v) is 11.5. The van der Waals surface area contributed by atoms with Gasteiger partial charge in [0.25, 0.3) is 0 Å². The average molecular weight is 249 g/mol. The molecule has 3 nitrogen and oxygen atoms in total. The Labute approximate surface area is 109 Å². The van der Waals surface area contributed by atoms with Crippen molar-refractivity contribution in [2.45, 2.75) is 45.3 Å². The minimum atomic E-state index is 0.0504. The molecule has 1 unspecified atom stereocenters. The highest BCUT2D eigenvalue weighted by atomic mass is 16.5. The van der Waals surface area contributed by atoms with E-state index in [1.165, 1.54) is 0 Å². The molecule has 0 aliphatic carbocycles. The van der Waals surface area contributed by atoms with Crippen LogP contribution in [0.25, 0.3) is 0 Å². The molecular formula is C15H23NO2. The summed E-state index contributed by atoms with van der Waals surface area (Å²) in [7, 11) is 1.67. The maximum atomic E-state index is 6.27. The summed E-state index contributed by atoms with van der Waals surface area (Å²) in [5.41, 5.74) is 7.34. The van der Waals surface area contributed by atoms with Crippen molar-refractivity contribution in [3.8, 4) is 11.5 Å². The minimum absolute atomic E-state index is 0.0504. The summed E-state index contributed by atoms with van der Waals surface area (Å²) in [6.45, 7) is 4.43. The summed E-state index contributed by atoms with van der Waals surface area (Å²) in [5.74, 6) is 2.35. The number of fused-ring (bicyclic) bond motifs is 1. The van der Waals surface area contributed by atoms with E-state index in [-0.39, 0.29) is 12.1 Å². The Bertz CT molecular complexity index is 401. The van der Waals surface area contributed by atoms with E-state index in [1.54, 1.807) is 7.11 Å². The average Bonchev–Trinajstić information content (AvgIpc) is 2.40. The number of benzene rings is 1. The lowest BCUT2D eigenvalue weighted by Crippen LogP contribution is -2.34. The molecule has 0 saturated heterocycles. The monoisotopic (exact) mass is 249 g/mol. The second kappa shape index (κ2) is 5.61. The van der Waals surface area contributed by atoms with Crippen LogP contribution in [0.1, 0.15) is 44.7 Å². The second-order valence-electron chi connectivity index (χ2n) is 4.98. The van der Waals surface area contributed by atoms with Gasteiger partial charge in [-0.15, -0.1) is 0 Å². The predicted octanol–water partition coefficient (Wildman–Crippen LogP) is 3.28. The minimum Gasteiger partial charge on any atom is -0.497 e. The van der Waals surface area contributed by atoms with Gasteiger partial charge >= 0.3 is 0 Å². The van der Waals surface area contributed by atoms with Crippen molar-refractivity contribution < 1.29 is 9.47 Å². The van der Waals surface area contributed by atoms with Gasteiger partial charge in [-0.3, -0.25) is 0 Å². The molecule has 0 fully saturated rings. The van der Waals surface area contributed by atoms with Crippen molar-refractivity contribution in [1.82, 2.24) is 0 Å². The van der Waals surface area contributed by atoms with E-state index in [4.69, 9.17) is 15.2 Å². The first-order chi connectivity index (χ1) is 8.69. The molecule has 1 aromatic carbocycles. The normalized spacial score (nSPS) is 22.5. The zero-order chi connectivity index (χ0) is 13.1. The Kier molecular flexibility index (Phi) is 4.12. The zero-order valence-electron chi connectivity index (χ0n) is 11.5. The smallest absolute Gasteiger partial charge is 0.124 e. The number of hydrogen-bond donors (Lipinski definition) is 1. The largest absolute Gasteiger partial charge is 0.497 e. The summed E-state index contributed by atoms with van der Waals surface area (Å²) in [6, 6.07) is 5.95. The van der Waals surface area contributed by atoms with Crippen molar-refractivity contribution in [2.24, 2.45) is 11.7 Å². The first kappa shape index (κ1) is 13.2. The van der Waals surface area contributed by atoms with E-state index in [0.717, 1.165) is 36.3 Å². The number of ether oxygens (including phenoxy) is 2. The van der Waals surface area contributed by atoms with Crippen LogP contribution in [0.2, 0.25) is 0 Å². The van der Waals surface area contributed by atoms with Gasteiger partial charge in [-0.05, 0) is 37.0 Å². The van der Waals surface area contributed by atoms with Crippen LogP contribution in [0.15, 0.2) is 18.2 Å². The Morgan fingerprint density at radius 2 is 2.11 bits per heavy atom. The Morgan fingerprint density at radius 1 is 1.39 bits per heavy atom. The molecule has 0 saturated carbocycles. The van der Waals surface area contributed by atoms with Crippen LogP contribution in [0, 0.1) is 5.92 Å². The summed E-state index contributed by atoms with van der Waals surface area (Å²) >= 11 is 0. The van der Waals surface area contributed by atoms with E-state index in [9.17, 15) is 0 Å². The molecule has 2 atom stereocenters. The van der Waals surface area contributed by atoms with Crippen LogP contribution in [0.5, 0.6) is 11.5 Å². The Hall–Kier alpha value is -1.22. The van der Waals surface area contributed by atoms with Gasteiger partial charge in [-0.1, -0.05) is 13.8 Å². The molecule has 100 valence electrons. The van der Waals surface area contributed by atoms with Gasteiger partial charge in [0.1, 0.15) is 17.6 Å². The number of nitrogens with two attached hydrogens (primary N) is 1. The lowest BCUT2D eigenvalue weighted by atomic mass is 9.87. The third-order valence-electron chi connectivity index (χ3n) is 3.96. The second-order valence-corrected chi connectivity index (χ2v) is 4.98. The standard InChI is InChI=1S/C15H23NO2/c1-4-10(5-2)15-9-13(16)12-8-11(17-3)6-7-14(12)18-15/h6-8,10,13,15H,4-5,9,16H2,1-3H3/t13-,15?/m0/s1. The fraction of sp³-hybridized carbons (Fsp3) is 0.600. The molecule has 2 N–H and O–H groups in total. The molecule has 1 heterocycles. The van der Waals surface area contributed by atoms with Gasteiger partial charge in [0, 0.05) is 18.0 Å². The van der Waals surface area contributed by atoms with Gasteiger partial charge in [0.2, 0.25) is 0 Å². The van der Waals surface area contributed by atoms with Crippen LogP contribution in [-0.2, 0) is 0 Å². The third-order valence-corrected chi connectivity index (χ3v) is 3.96.